The van der Waals surface area contributed by atoms with Crippen LogP contribution in [0.15, 0.2) is 51.1 Å². The van der Waals surface area contributed by atoms with Crippen LogP contribution < -0.4 is 0 Å². The number of nitro benzene ring substituents is 1. The van der Waals surface area contributed by atoms with Crippen LogP contribution in [0.1, 0.15) is 0 Å². The van der Waals surface area contributed by atoms with E-state index < -0.39 is 44.2 Å². The zero-order valence-electron chi connectivity index (χ0n) is 11.3. The molecule has 0 atom stereocenters. The Labute approximate surface area is 151 Å². The maximum atomic E-state index is 12.6. The van der Waals surface area contributed by atoms with Crippen LogP contribution in [0, 0.1) is 10.1 Å². The first-order chi connectivity index (χ1) is 10.9. The number of nitro groups is 1. The molecule has 0 spiro atoms. The number of sulfone groups is 1. The van der Waals surface area contributed by atoms with Gasteiger partial charge in [-0.1, -0.05) is 23.2 Å². The van der Waals surface area contributed by atoms with Gasteiger partial charge in [-0.2, -0.15) is 0 Å². The van der Waals surface area contributed by atoms with Crippen LogP contribution in [0.4, 0.5) is 5.69 Å². The highest BCUT2D eigenvalue weighted by atomic mass is 35.7. The Hall–Kier alpha value is -1.39. The van der Waals surface area contributed by atoms with Crippen molar-refractivity contribution in [3.05, 3.63) is 56.6 Å². The summed E-state index contributed by atoms with van der Waals surface area (Å²) in [5.74, 6) is 0. The first kappa shape index (κ1) is 18.9. The molecular weight excluding hydrogens is 425 g/mol. The molecule has 0 aromatic heterocycles. The van der Waals surface area contributed by atoms with Crippen LogP contribution >= 0.6 is 33.9 Å². The van der Waals surface area contributed by atoms with Gasteiger partial charge < -0.3 is 0 Å². The molecule has 0 fully saturated rings. The summed E-state index contributed by atoms with van der Waals surface area (Å²) in [6.07, 6.45) is 0. The quantitative estimate of drug-likeness (QED) is 0.416. The topological polar surface area (TPSA) is 111 Å². The zero-order chi connectivity index (χ0) is 18.3. The zero-order valence-corrected chi connectivity index (χ0v) is 15.2. The van der Waals surface area contributed by atoms with E-state index in [1.54, 1.807) is 0 Å². The maximum absolute atomic E-state index is 12.6. The maximum Gasteiger partial charge on any atom is 0.289 e. The lowest BCUT2D eigenvalue weighted by atomic mass is 10.3. The van der Waals surface area contributed by atoms with E-state index in [1.165, 1.54) is 0 Å². The third-order valence-electron chi connectivity index (χ3n) is 2.90. The predicted molar refractivity (Wildman–Crippen MR) is 88.0 cm³/mol. The molecule has 0 amide bonds. The lowest BCUT2D eigenvalue weighted by Gasteiger charge is -2.07. The van der Waals surface area contributed by atoms with E-state index in [2.05, 4.69) is 0 Å². The molecule has 2 aromatic rings. The molecule has 0 aliphatic carbocycles. The Morgan fingerprint density at radius 1 is 0.875 bits per heavy atom. The van der Waals surface area contributed by atoms with Crippen LogP contribution in [-0.4, -0.2) is 21.8 Å². The van der Waals surface area contributed by atoms with Crippen LogP contribution in [0.2, 0.25) is 10.0 Å². The van der Waals surface area contributed by atoms with E-state index in [1.807, 2.05) is 0 Å². The van der Waals surface area contributed by atoms with Gasteiger partial charge in [0.1, 0.15) is 9.92 Å². The van der Waals surface area contributed by atoms with Gasteiger partial charge in [0.05, 0.1) is 19.7 Å². The Kier molecular flexibility index (Phi) is 5.12. The number of halogens is 3. The second-order valence-corrected chi connectivity index (χ2v) is 9.70. The minimum absolute atomic E-state index is 0.237. The SMILES string of the molecule is O=[N+]([O-])c1cc(S(=O)(=O)c2ccc(Cl)c(S(=O)(=O)Cl)c2)ccc1Cl. The summed E-state index contributed by atoms with van der Waals surface area (Å²) in [6, 6.07) is 5.79. The molecule has 0 heterocycles. The summed E-state index contributed by atoms with van der Waals surface area (Å²) in [6.45, 7) is 0. The summed E-state index contributed by atoms with van der Waals surface area (Å²) in [4.78, 5) is 8.58. The van der Waals surface area contributed by atoms with E-state index in [-0.39, 0.29) is 10.0 Å². The summed E-state index contributed by atoms with van der Waals surface area (Å²) < 4.78 is 48.0. The average Bonchev–Trinajstić information content (AvgIpc) is 2.46. The average molecular weight is 431 g/mol. The van der Waals surface area contributed by atoms with Crippen molar-refractivity contribution in [3.63, 3.8) is 0 Å². The van der Waals surface area contributed by atoms with Gasteiger partial charge in [-0.15, -0.1) is 0 Å². The number of hydrogen-bond acceptors (Lipinski definition) is 6. The van der Waals surface area contributed by atoms with Crippen molar-refractivity contribution in [2.45, 2.75) is 14.7 Å². The highest BCUT2D eigenvalue weighted by molar-refractivity contribution is 8.13. The standard InChI is InChI=1S/C12H6Cl3NO6S2/c13-9-3-1-7(5-11(9)16(17)18)23(19,20)8-2-4-10(14)12(6-8)24(15,21)22/h1-6H. The first-order valence-corrected chi connectivity index (χ1v) is 10.4. The molecule has 0 saturated heterocycles. The van der Waals surface area contributed by atoms with Crippen molar-refractivity contribution in [2.75, 3.05) is 0 Å². The van der Waals surface area contributed by atoms with E-state index in [0.717, 1.165) is 36.4 Å². The molecule has 0 N–H and O–H groups in total. The Morgan fingerprint density at radius 2 is 1.38 bits per heavy atom. The fraction of sp³-hybridized carbons (Fsp3) is 0. The number of hydrogen-bond donors (Lipinski definition) is 0. The summed E-state index contributed by atoms with van der Waals surface area (Å²) in [5, 5.41) is 10.4. The van der Waals surface area contributed by atoms with Gasteiger partial charge in [0.15, 0.2) is 0 Å². The molecule has 2 aromatic carbocycles. The molecule has 0 saturated carbocycles. The molecule has 0 aliphatic heterocycles. The number of nitrogens with zero attached hydrogens (tertiary/aromatic N) is 1. The summed E-state index contributed by atoms with van der Waals surface area (Å²) in [7, 11) is -3.33. The van der Waals surface area contributed by atoms with Gasteiger partial charge in [-0.25, -0.2) is 16.8 Å². The van der Waals surface area contributed by atoms with Crippen molar-refractivity contribution >= 4 is 58.5 Å². The van der Waals surface area contributed by atoms with E-state index in [0.29, 0.717) is 0 Å². The Bertz CT molecular complexity index is 1050. The Morgan fingerprint density at radius 3 is 1.88 bits per heavy atom. The number of rotatable bonds is 4. The van der Waals surface area contributed by atoms with Gasteiger partial charge in [0, 0.05) is 16.7 Å². The van der Waals surface area contributed by atoms with Crippen LogP contribution in [0.25, 0.3) is 0 Å². The fourth-order valence-electron chi connectivity index (χ4n) is 1.77. The monoisotopic (exact) mass is 429 g/mol. The highest BCUT2D eigenvalue weighted by Crippen LogP contribution is 2.33. The molecule has 0 unspecified atom stereocenters. The van der Waals surface area contributed by atoms with E-state index in [4.69, 9.17) is 33.9 Å². The van der Waals surface area contributed by atoms with E-state index >= 15 is 0 Å². The summed E-state index contributed by atoms with van der Waals surface area (Å²) >= 11 is 11.3. The van der Waals surface area contributed by atoms with Crippen LogP contribution in [0.5, 0.6) is 0 Å². The van der Waals surface area contributed by atoms with Gasteiger partial charge in [0.25, 0.3) is 14.7 Å². The largest absolute Gasteiger partial charge is 0.289 e. The molecule has 128 valence electrons. The molecule has 12 heteroatoms. The normalized spacial score (nSPS) is 12.1. The summed E-state index contributed by atoms with van der Waals surface area (Å²) in [5.41, 5.74) is -0.600. The van der Waals surface area contributed by atoms with E-state index in [9.17, 15) is 26.9 Å². The highest BCUT2D eigenvalue weighted by Gasteiger charge is 2.25. The lowest BCUT2D eigenvalue weighted by molar-refractivity contribution is -0.384. The van der Waals surface area contributed by atoms with Gasteiger partial charge in [-0.05, 0) is 30.3 Å². The second kappa shape index (κ2) is 6.49. The van der Waals surface area contributed by atoms with Crippen LogP contribution in [-0.2, 0) is 18.9 Å². The Balaban J connectivity index is 2.69. The van der Waals surface area contributed by atoms with Gasteiger partial charge in [0.2, 0.25) is 9.84 Å². The third-order valence-corrected chi connectivity index (χ3v) is 6.77. The molecular formula is C12H6Cl3NO6S2. The second-order valence-electron chi connectivity index (χ2n) is 4.40. The smallest absolute Gasteiger partial charge is 0.258 e. The molecule has 0 radical (unpaired) electrons. The number of benzene rings is 2. The first-order valence-electron chi connectivity index (χ1n) is 5.88. The molecule has 7 nitrogen and oxygen atoms in total. The van der Waals surface area contributed by atoms with Gasteiger partial charge in [-0.3, -0.25) is 10.1 Å². The van der Waals surface area contributed by atoms with Crippen molar-refractivity contribution in [1.82, 2.24) is 0 Å². The third kappa shape index (κ3) is 3.65. The predicted octanol–water partition coefficient (Wildman–Crippen LogP) is 3.66. The van der Waals surface area contributed by atoms with Gasteiger partial charge >= 0.3 is 0 Å². The molecule has 0 aliphatic rings. The molecule has 2 rings (SSSR count). The fourth-order valence-corrected chi connectivity index (χ4v) is 4.83. The van der Waals surface area contributed by atoms with Crippen molar-refractivity contribution in [1.29, 1.82) is 0 Å². The molecule has 24 heavy (non-hydrogen) atoms. The van der Waals surface area contributed by atoms with Crippen molar-refractivity contribution < 1.29 is 21.8 Å². The minimum atomic E-state index is -4.28. The lowest BCUT2D eigenvalue weighted by Crippen LogP contribution is -2.05. The molecule has 0 bridgehead atoms. The minimum Gasteiger partial charge on any atom is -0.258 e. The van der Waals surface area contributed by atoms with Crippen molar-refractivity contribution in [3.8, 4) is 0 Å². The van der Waals surface area contributed by atoms with Crippen LogP contribution in [0.3, 0.4) is 0 Å². The van der Waals surface area contributed by atoms with Crippen molar-refractivity contribution in [2.24, 2.45) is 0 Å².